The second-order valence-corrected chi connectivity index (χ2v) is 7.14. The molecule has 0 aromatic heterocycles. The summed E-state index contributed by atoms with van der Waals surface area (Å²) in [6.45, 7) is 5.69. The van der Waals surface area contributed by atoms with Crippen molar-refractivity contribution < 1.29 is 12.4 Å². The predicted octanol–water partition coefficient (Wildman–Crippen LogP) is 2.68. The highest BCUT2D eigenvalue weighted by Crippen LogP contribution is 2.33. The fourth-order valence-electron chi connectivity index (χ4n) is 3.68. The molecule has 1 nitrogen and oxygen atoms in total. The first-order valence-electron chi connectivity index (χ1n) is 9.63. The van der Waals surface area contributed by atoms with Crippen LogP contribution in [0.3, 0.4) is 0 Å². The molecule has 3 rings (SSSR count). The van der Waals surface area contributed by atoms with Crippen LogP contribution in [0.5, 0.6) is 0 Å². The second-order valence-electron chi connectivity index (χ2n) is 7.14. The Morgan fingerprint density at radius 3 is 1.59 bits per heavy atom. The van der Waals surface area contributed by atoms with E-state index >= 15 is 0 Å². The summed E-state index contributed by atoms with van der Waals surface area (Å²) in [5, 5.41) is 3.75. The van der Waals surface area contributed by atoms with Crippen LogP contribution >= 0.6 is 0 Å². The van der Waals surface area contributed by atoms with Crippen molar-refractivity contribution in [1.29, 1.82) is 0 Å². The molecule has 3 aromatic carbocycles. The summed E-state index contributed by atoms with van der Waals surface area (Å²) in [7, 11) is 0. The van der Waals surface area contributed by atoms with E-state index in [9.17, 15) is 0 Å². The molecule has 0 aliphatic heterocycles. The lowest BCUT2D eigenvalue weighted by Gasteiger charge is -2.30. The number of nitrogens with one attached hydrogen (secondary N) is 1. The molecule has 0 aliphatic rings. The van der Waals surface area contributed by atoms with E-state index in [2.05, 4.69) is 110 Å². The van der Waals surface area contributed by atoms with Gasteiger partial charge in [0.2, 0.25) is 0 Å². The van der Waals surface area contributed by atoms with Crippen LogP contribution in [0, 0.1) is 5.92 Å². The van der Waals surface area contributed by atoms with Crippen molar-refractivity contribution in [2.75, 3.05) is 6.54 Å². The van der Waals surface area contributed by atoms with Crippen molar-refractivity contribution in [3.05, 3.63) is 108 Å². The Kier molecular flexibility index (Phi) is 8.57. The molecule has 0 bridgehead atoms. The van der Waals surface area contributed by atoms with Gasteiger partial charge in [0.25, 0.3) is 0 Å². The molecule has 0 radical (unpaired) electrons. The standard InChI is InChI=1S/C25H29N.ClH/c1-20(21(2)26-19-18-22-12-6-3-7-13-22)25(23-14-8-4-9-15-23)24-16-10-5-11-17-24;/h3-17,20-21,25-26H,18-19H2,1-2H3;1H/p-1. The zero-order valence-corrected chi connectivity index (χ0v) is 16.9. The summed E-state index contributed by atoms with van der Waals surface area (Å²) in [6, 6.07) is 32.9. The second kappa shape index (κ2) is 10.9. The number of benzene rings is 3. The third-order valence-corrected chi connectivity index (χ3v) is 5.35. The van der Waals surface area contributed by atoms with Gasteiger partial charge in [-0.05, 0) is 42.5 Å². The van der Waals surface area contributed by atoms with Crippen LogP contribution < -0.4 is 17.7 Å². The van der Waals surface area contributed by atoms with Gasteiger partial charge in [-0.15, -0.1) is 0 Å². The molecule has 1 N–H and O–H groups in total. The molecule has 0 amide bonds. The van der Waals surface area contributed by atoms with Crippen LogP contribution in [0.1, 0.15) is 36.5 Å². The Labute approximate surface area is 170 Å². The summed E-state index contributed by atoms with van der Waals surface area (Å²) >= 11 is 0. The monoisotopic (exact) mass is 378 g/mol. The Morgan fingerprint density at radius 1 is 0.667 bits per heavy atom. The van der Waals surface area contributed by atoms with Crippen LogP contribution in [0.25, 0.3) is 0 Å². The van der Waals surface area contributed by atoms with E-state index in [4.69, 9.17) is 0 Å². The SMILES string of the molecule is CC(NCCc1ccccc1)C(C)C(c1ccccc1)c1ccccc1.[Cl-]. The highest BCUT2D eigenvalue weighted by molar-refractivity contribution is 5.33. The maximum atomic E-state index is 3.75. The minimum absolute atomic E-state index is 0. The van der Waals surface area contributed by atoms with Gasteiger partial charge in [0.1, 0.15) is 0 Å². The van der Waals surface area contributed by atoms with E-state index < -0.39 is 0 Å². The Balaban J connectivity index is 0.00000261. The van der Waals surface area contributed by atoms with Crippen molar-refractivity contribution in [3.63, 3.8) is 0 Å². The van der Waals surface area contributed by atoms with Crippen LogP contribution in [-0.4, -0.2) is 12.6 Å². The van der Waals surface area contributed by atoms with Gasteiger partial charge in [0.15, 0.2) is 0 Å². The summed E-state index contributed by atoms with van der Waals surface area (Å²) < 4.78 is 0. The third kappa shape index (κ3) is 5.95. The first-order valence-corrected chi connectivity index (χ1v) is 9.63. The van der Waals surface area contributed by atoms with Crippen molar-refractivity contribution in [1.82, 2.24) is 5.32 Å². The molecule has 27 heavy (non-hydrogen) atoms. The summed E-state index contributed by atoms with van der Waals surface area (Å²) in [5.74, 6) is 0.896. The van der Waals surface area contributed by atoms with Crippen LogP contribution in [0.2, 0.25) is 0 Å². The first-order chi connectivity index (χ1) is 12.8. The Morgan fingerprint density at radius 2 is 1.11 bits per heavy atom. The van der Waals surface area contributed by atoms with Crippen molar-refractivity contribution in [2.24, 2.45) is 5.92 Å². The molecule has 0 saturated heterocycles. The summed E-state index contributed by atoms with van der Waals surface area (Å²) in [5.41, 5.74) is 4.17. The fraction of sp³-hybridized carbons (Fsp3) is 0.280. The van der Waals surface area contributed by atoms with Crippen molar-refractivity contribution in [3.8, 4) is 0 Å². The lowest BCUT2D eigenvalue weighted by molar-refractivity contribution is -0.00000540. The van der Waals surface area contributed by atoms with Crippen LogP contribution in [0.15, 0.2) is 91.0 Å². The molecular formula is C25H29ClN-. The lowest BCUT2D eigenvalue weighted by Crippen LogP contribution is -3.00. The van der Waals surface area contributed by atoms with Gasteiger partial charge in [-0.1, -0.05) is 97.9 Å². The number of hydrogen-bond donors (Lipinski definition) is 1. The molecule has 0 heterocycles. The summed E-state index contributed by atoms with van der Waals surface area (Å²) in [6.07, 6.45) is 1.07. The molecule has 2 unspecified atom stereocenters. The largest absolute Gasteiger partial charge is 1.00 e. The predicted molar refractivity (Wildman–Crippen MR) is 112 cm³/mol. The van der Waals surface area contributed by atoms with Crippen LogP contribution in [0.4, 0.5) is 0 Å². The molecule has 2 heteroatoms. The highest BCUT2D eigenvalue weighted by atomic mass is 35.5. The van der Waals surface area contributed by atoms with Gasteiger partial charge in [0, 0.05) is 12.0 Å². The minimum Gasteiger partial charge on any atom is -1.00 e. The van der Waals surface area contributed by atoms with E-state index in [-0.39, 0.29) is 12.4 Å². The zero-order chi connectivity index (χ0) is 18.2. The van der Waals surface area contributed by atoms with Gasteiger partial charge in [-0.2, -0.15) is 0 Å². The van der Waals surface area contributed by atoms with Gasteiger partial charge >= 0.3 is 0 Å². The molecule has 0 saturated carbocycles. The quantitative estimate of drug-likeness (QED) is 0.635. The van der Waals surface area contributed by atoms with Gasteiger partial charge in [0.05, 0.1) is 0 Å². The van der Waals surface area contributed by atoms with Crippen molar-refractivity contribution >= 4 is 0 Å². The molecule has 0 fully saturated rings. The van der Waals surface area contributed by atoms with E-state index in [1.54, 1.807) is 0 Å². The van der Waals surface area contributed by atoms with Gasteiger partial charge < -0.3 is 17.7 Å². The Hall–Kier alpha value is -2.09. The van der Waals surface area contributed by atoms with E-state index in [0.717, 1.165) is 13.0 Å². The third-order valence-electron chi connectivity index (χ3n) is 5.35. The van der Waals surface area contributed by atoms with E-state index in [0.29, 0.717) is 17.9 Å². The number of halogens is 1. The lowest BCUT2D eigenvalue weighted by atomic mass is 9.78. The number of hydrogen-bond acceptors (Lipinski definition) is 1. The molecular weight excluding hydrogens is 350 g/mol. The van der Waals surface area contributed by atoms with E-state index in [1.165, 1.54) is 16.7 Å². The average Bonchev–Trinajstić information content (AvgIpc) is 2.70. The smallest absolute Gasteiger partial charge is 0.0130 e. The molecule has 142 valence electrons. The molecule has 2 atom stereocenters. The van der Waals surface area contributed by atoms with Gasteiger partial charge in [-0.3, -0.25) is 0 Å². The number of rotatable bonds is 8. The average molecular weight is 379 g/mol. The molecule has 0 aliphatic carbocycles. The van der Waals surface area contributed by atoms with Crippen LogP contribution in [-0.2, 0) is 6.42 Å². The van der Waals surface area contributed by atoms with Gasteiger partial charge in [-0.25, -0.2) is 0 Å². The molecule has 0 spiro atoms. The Bertz CT molecular complexity index is 719. The maximum Gasteiger partial charge on any atom is 0.0130 e. The summed E-state index contributed by atoms with van der Waals surface area (Å²) in [4.78, 5) is 0. The van der Waals surface area contributed by atoms with E-state index in [1.807, 2.05) is 0 Å². The highest BCUT2D eigenvalue weighted by Gasteiger charge is 2.25. The maximum absolute atomic E-state index is 3.75. The first kappa shape index (κ1) is 21.2. The fourth-order valence-corrected chi connectivity index (χ4v) is 3.68. The molecule has 3 aromatic rings. The topological polar surface area (TPSA) is 12.0 Å². The zero-order valence-electron chi connectivity index (χ0n) is 16.2. The normalized spacial score (nSPS) is 13.0. The van der Waals surface area contributed by atoms with Crippen molar-refractivity contribution in [2.45, 2.75) is 32.2 Å². The minimum atomic E-state index is 0.